The Hall–Kier alpha value is -0.950. The Morgan fingerprint density at radius 2 is 2.27 bits per heavy atom. The van der Waals surface area contributed by atoms with Gasteiger partial charge in [0, 0.05) is 0 Å². The number of hydrogen-bond acceptors (Lipinski definition) is 1. The summed E-state index contributed by atoms with van der Waals surface area (Å²) in [6, 6.07) is 5.39. The summed E-state index contributed by atoms with van der Waals surface area (Å²) in [5.41, 5.74) is 0.871. The third-order valence-corrected chi connectivity index (χ3v) is 1.65. The predicted octanol–water partition coefficient (Wildman–Crippen LogP) is 2.69. The molecule has 0 aliphatic rings. The van der Waals surface area contributed by atoms with E-state index in [0.717, 1.165) is 5.56 Å². The van der Waals surface area contributed by atoms with E-state index in [1.807, 2.05) is 6.07 Å². The Labute approximate surface area is 71.3 Å². The first-order valence-electron chi connectivity index (χ1n) is 3.14. The van der Waals surface area contributed by atoms with Gasteiger partial charge < -0.3 is 4.74 Å². The predicted molar refractivity (Wildman–Crippen MR) is 46.0 cm³/mol. The van der Waals surface area contributed by atoms with Crippen molar-refractivity contribution in [2.45, 2.75) is 0 Å². The second-order valence-electron chi connectivity index (χ2n) is 2.03. The molecule has 0 atom stereocenters. The van der Waals surface area contributed by atoms with E-state index in [0.29, 0.717) is 10.8 Å². The highest BCUT2D eigenvalue weighted by Gasteiger charge is 1.98. The fourth-order valence-electron chi connectivity index (χ4n) is 0.776. The fraction of sp³-hybridized carbons (Fsp3) is 0.111. The van der Waals surface area contributed by atoms with Crippen LogP contribution in [-0.2, 0) is 0 Å². The van der Waals surface area contributed by atoms with Crippen LogP contribution in [0.15, 0.2) is 24.8 Å². The summed E-state index contributed by atoms with van der Waals surface area (Å²) in [4.78, 5) is 0. The summed E-state index contributed by atoms with van der Waals surface area (Å²) in [6.45, 7) is 3.50. The lowest BCUT2D eigenvalue weighted by Gasteiger charge is -2.01. The molecular weight excluding hydrogens is 160 g/mol. The molecule has 57 valence electrons. The van der Waals surface area contributed by atoms with Crippen LogP contribution < -0.4 is 4.74 Å². The van der Waals surface area contributed by atoms with Crippen LogP contribution in [0.5, 0.6) is 5.75 Å². The lowest BCUT2D eigenvalue weighted by molar-refractivity contribution is 0.415. The molecule has 0 fully saturated rings. The van der Waals surface area contributed by atoms with E-state index in [1.54, 1.807) is 19.2 Å². The number of benzene rings is 1. The second kappa shape index (κ2) is 3.44. The van der Waals surface area contributed by atoms with Gasteiger partial charge in [-0.15, -0.1) is 0 Å². The third-order valence-electron chi connectivity index (χ3n) is 1.36. The minimum absolute atomic E-state index is 0.584. The van der Waals surface area contributed by atoms with Crippen molar-refractivity contribution in [3.63, 3.8) is 0 Å². The van der Waals surface area contributed by atoms with Gasteiger partial charge in [0.25, 0.3) is 0 Å². The number of halogens is 1. The SMILES string of the molecule is C=[C]c1ccc(OC)c(Cl)c1. The molecule has 2 heteroatoms. The molecule has 0 saturated carbocycles. The molecule has 0 aliphatic heterocycles. The van der Waals surface area contributed by atoms with Gasteiger partial charge >= 0.3 is 0 Å². The molecule has 0 bridgehead atoms. The zero-order valence-electron chi connectivity index (χ0n) is 6.23. The molecule has 1 nitrogen and oxygen atoms in total. The molecule has 11 heavy (non-hydrogen) atoms. The Balaban J connectivity index is 3.09. The van der Waals surface area contributed by atoms with E-state index in [2.05, 4.69) is 12.7 Å². The van der Waals surface area contributed by atoms with Crippen molar-refractivity contribution in [2.75, 3.05) is 7.11 Å². The average Bonchev–Trinajstić information content (AvgIpc) is 2.04. The number of hydrogen-bond donors (Lipinski definition) is 0. The second-order valence-corrected chi connectivity index (χ2v) is 2.43. The summed E-state index contributed by atoms with van der Waals surface area (Å²) < 4.78 is 4.96. The van der Waals surface area contributed by atoms with E-state index in [9.17, 15) is 0 Å². The van der Waals surface area contributed by atoms with E-state index in [-0.39, 0.29) is 0 Å². The van der Waals surface area contributed by atoms with Gasteiger partial charge in [-0.25, -0.2) is 0 Å². The van der Waals surface area contributed by atoms with Gasteiger partial charge in [0.15, 0.2) is 0 Å². The molecule has 0 saturated heterocycles. The van der Waals surface area contributed by atoms with Crippen LogP contribution >= 0.6 is 11.6 Å². The largest absolute Gasteiger partial charge is 0.495 e. The molecule has 1 radical (unpaired) electrons. The zero-order valence-corrected chi connectivity index (χ0v) is 6.98. The molecule has 0 heterocycles. The van der Waals surface area contributed by atoms with Gasteiger partial charge in [-0.2, -0.15) is 0 Å². The lowest BCUT2D eigenvalue weighted by Crippen LogP contribution is -1.84. The normalized spacial score (nSPS) is 9.27. The van der Waals surface area contributed by atoms with Crippen molar-refractivity contribution >= 4 is 11.6 Å². The maximum atomic E-state index is 5.82. The fourth-order valence-corrected chi connectivity index (χ4v) is 1.03. The number of ether oxygens (including phenoxy) is 1. The topological polar surface area (TPSA) is 9.23 Å². The third kappa shape index (κ3) is 1.75. The van der Waals surface area contributed by atoms with Gasteiger partial charge in [0.1, 0.15) is 5.75 Å². The Kier molecular flexibility index (Phi) is 2.55. The highest BCUT2D eigenvalue weighted by Crippen LogP contribution is 2.24. The smallest absolute Gasteiger partial charge is 0.137 e. The van der Waals surface area contributed by atoms with Crippen molar-refractivity contribution in [1.82, 2.24) is 0 Å². The van der Waals surface area contributed by atoms with E-state index >= 15 is 0 Å². The zero-order chi connectivity index (χ0) is 8.27. The van der Waals surface area contributed by atoms with E-state index < -0.39 is 0 Å². The minimum atomic E-state index is 0.584. The maximum absolute atomic E-state index is 5.82. The first-order chi connectivity index (χ1) is 5.27. The van der Waals surface area contributed by atoms with Crippen LogP contribution in [0.2, 0.25) is 5.02 Å². The van der Waals surface area contributed by atoms with Gasteiger partial charge in [-0.3, -0.25) is 0 Å². The molecule has 1 rings (SSSR count). The van der Waals surface area contributed by atoms with Crippen molar-refractivity contribution in [1.29, 1.82) is 0 Å². The first-order valence-corrected chi connectivity index (χ1v) is 3.52. The van der Waals surface area contributed by atoms with Crippen LogP contribution in [0.1, 0.15) is 5.56 Å². The van der Waals surface area contributed by atoms with Gasteiger partial charge in [0.2, 0.25) is 0 Å². The van der Waals surface area contributed by atoms with Crippen molar-refractivity contribution in [3.05, 3.63) is 41.4 Å². The van der Waals surface area contributed by atoms with Gasteiger partial charge in [-0.1, -0.05) is 24.2 Å². The minimum Gasteiger partial charge on any atom is -0.495 e. The number of rotatable bonds is 2. The standard InChI is InChI=1S/C9H8ClO/c1-3-7-4-5-9(11-2)8(10)6-7/h4-6H,1H2,2H3. The highest BCUT2D eigenvalue weighted by atomic mass is 35.5. The molecule has 1 aromatic carbocycles. The molecule has 1 aromatic rings. The molecule has 0 aliphatic carbocycles. The van der Waals surface area contributed by atoms with Gasteiger partial charge in [-0.05, 0) is 23.8 Å². The van der Waals surface area contributed by atoms with Crippen molar-refractivity contribution in [3.8, 4) is 5.75 Å². The molecule has 0 aromatic heterocycles. The Morgan fingerprint density at radius 3 is 2.73 bits per heavy atom. The average molecular weight is 168 g/mol. The van der Waals surface area contributed by atoms with Gasteiger partial charge in [0.05, 0.1) is 12.1 Å². The molecule has 0 unspecified atom stereocenters. The number of methoxy groups -OCH3 is 1. The Morgan fingerprint density at radius 1 is 1.55 bits per heavy atom. The summed E-state index contributed by atoms with van der Waals surface area (Å²) >= 11 is 5.82. The van der Waals surface area contributed by atoms with E-state index in [4.69, 9.17) is 16.3 Å². The van der Waals surface area contributed by atoms with E-state index in [1.165, 1.54) is 0 Å². The Bertz CT molecular complexity index is 268. The van der Waals surface area contributed by atoms with Crippen LogP contribution in [0.25, 0.3) is 0 Å². The summed E-state index contributed by atoms with van der Waals surface area (Å²) in [6.07, 6.45) is 2.73. The summed E-state index contributed by atoms with van der Waals surface area (Å²) in [5, 5.41) is 0.584. The molecule has 0 amide bonds. The quantitative estimate of drug-likeness (QED) is 0.658. The lowest BCUT2D eigenvalue weighted by atomic mass is 10.2. The monoisotopic (exact) mass is 167 g/mol. The van der Waals surface area contributed by atoms with Crippen LogP contribution in [0, 0.1) is 6.08 Å². The highest BCUT2D eigenvalue weighted by molar-refractivity contribution is 6.32. The van der Waals surface area contributed by atoms with Crippen LogP contribution in [0.3, 0.4) is 0 Å². The summed E-state index contributed by atoms with van der Waals surface area (Å²) in [5.74, 6) is 0.672. The molecular formula is C9H8ClO. The molecule has 0 N–H and O–H groups in total. The first kappa shape index (κ1) is 8.15. The van der Waals surface area contributed by atoms with Crippen LogP contribution in [-0.4, -0.2) is 7.11 Å². The molecule has 0 spiro atoms. The van der Waals surface area contributed by atoms with Crippen molar-refractivity contribution in [2.24, 2.45) is 0 Å². The summed E-state index contributed by atoms with van der Waals surface area (Å²) in [7, 11) is 1.58. The van der Waals surface area contributed by atoms with Crippen molar-refractivity contribution < 1.29 is 4.74 Å². The van der Waals surface area contributed by atoms with Crippen LogP contribution in [0.4, 0.5) is 0 Å². The maximum Gasteiger partial charge on any atom is 0.137 e.